The number of rotatable bonds is 2. The lowest BCUT2D eigenvalue weighted by Gasteiger charge is -2.39. The van der Waals surface area contributed by atoms with Crippen LogP contribution in [0.4, 0.5) is 5.69 Å². The number of anilines is 1. The van der Waals surface area contributed by atoms with Crippen molar-refractivity contribution in [1.29, 1.82) is 0 Å². The number of aromatic nitrogens is 1. The van der Waals surface area contributed by atoms with E-state index in [1.807, 2.05) is 18.2 Å². The maximum atomic E-state index is 6.59. The smallest absolute Gasteiger partial charge is 0.174 e. The van der Waals surface area contributed by atoms with E-state index in [4.69, 9.17) is 35.4 Å². The molecule has 0 amide bonds. The number of nitrogens with one attached hydrogen (secondary N) is 1. The molecule has 1 unspecified atom stereocenters. The van der Waals surface area contributed by atoms with Gasteiger partial charge in [-0.15, -0.1) is 0 Å². The summed E-state index contributed by atoms with van der Waals surface area (Å²) >= 11 is 18.6. The van der Waals surface area contributed by atoms with E-state index in [-0.39, 0.29) is 6.04 Å². The summed E-state index contributed by atoms with van der Waals surface area (Å²) in [6.45, 7) is 5.88. The van der Waals surface area contributed by atoms with Crippen molar-refractivity contribution < 1.29 is 0 Å². The molecule has 0 radical (unpaired) electrons. The van der Waals surface area contributed by atoms with Crippen molar-refractivity contribution >= 4 is 46.2 Å². The van der Waals surface area contributed by atoms with E-state index in [0.717, 1.165) is 24.3 Å². The Morgan fingerprint density at radius 2 is 1.89 bits per heavy atom. The van der Waals surface area contributed by atoms with E-state index in [9.17, 15) is 0 Å². The molecule has 2 aromatic carbocycles. The third-order valence-corrected chi connectivity index (χ3v) is 6.30. The number of halogens is 2. The topological polar surface area (TPSA) is 20.2 Å². The molecule has 0 fully saturated rings. The molecule has 0 spiro atoms. The van der Waals surface area contributed by atoms with E-state index in [1.165, 1.54) is 16.8 Å². The monoisotopic (exact) mass is 429 g/mol. The van der Waals surface area contributed by atoms with Gasteiger partial charge in [-0.1, -0.05) is 41.4 Å². The normalized spacial score (nSPS) is 16.0. The van der Waals surface area contributed by atoms with E-state index in [1.54, 1.807) is 6.07 Å². The Hall–Kier alpha value is -2.01. The lowest BCUT2D eigenvalue weighted by molar-refractivity contribution is 0.293. The van der Waals surface area contributed by atoms with Crippen LogP contribution in [0.3, 0.4) is 0 Å². The highest BCUT2D eigenvalue weighted by molar-refractivity contribution is 7.80. The van der Waals surface area contributed by atoms with Gasteiger partial charge in [0.05, 0.1) is 6.04 Å². The molecule has 3 nitrogen and oxygen atoms in total. The second-order valence-electron chi connectivity index (χ2n) is 7.07. The maximum Gasteiger partial charge on any atom is 0.174 e. The van der Waals surface area contributed by atoms with Gasteiger partial charge in [0.1, 0.15) is 0 Å². The van der Waals surface area contributed by atoms with Crippen LogP contribution in [0.15, 0.2) is 54.7 Å². The minimum absolute atomic E-state index is 0.0707. The van der Waals surface area contributed by atoms with Gasteiger partial charge in [-0.05, 0) is 73.1 Å². The van der Waals surface area contributed by atoms with Gasteiger partial charge in [0.2, 0.25) is 0 Å². The average molecular weight is 430 g/mol. The summed E-state index contributed by atoms with van der Waals surface area (Å²) in [6, 6.07) is 16.0. The zero-order valence-corrected chi connectivity index (χ0v) is 18.1. The molecule has 6 heteroatoms. The van der Waals surface area contributed by atoms with Crippen LogP contribution in [-0.4, -0.2) is 21.1 Å². The largest absolute Gasteiger partial charge is 0.348 e. The van der Waals surface area contributed by atoms with Gasteiger partial charge in [0.25, 0.3) is 0 Å². The molecule has 0 saturated carbocycles. The Balaban J connectivity index is 1.72. The highest BCUT2D eigenvalue weighted by Gasteiger charge is 2.32. The van der Waals surface area contributed by atoms with Gasteiger partial charge in [0.15, 0.2) is 5.11 Å². The summed E-state index contributed by atoms with van der Waals surface area (Å²) in [5, 5.41) is 5.42. The Labute approximate surface area is 180 Å². The van der Waals surface area contributed by atoms with E-state index in [2.05, 4.69) is 59.1 Å². The highest BCUT2D eigenvalue weighted by Crippen LogP contribution is 2.37. The quantitative estimate of drug-likeness (QED) is 0.488. The second kappa shape index (κ2) is 7.78. The molecule has 0 aliphatic carbocycles. The molecule has 3 aromatic rings. The van der Waals surface area contributed by atoms with Crippen LogP contribution < -0.4 is 5.32 Å². The van der Waals surface area contributed by atoms with Gasteiger partial charge < -0.3 is 14.8 Å². The predicted molar refractivity (Wildman–Crippen MR) is 122 cm³/mol. The van der Waals surface area contributed by atoms with Crippen molar-refractivity contribution in [1.82, 2.24) is 9.47 Å². The molecule has 144 valence electrons. The molecule has 1 N–H and O–H groups in total. The number of nitrogens with zero attached hydrogens (tertiary/aromatic N) is 2. The van der Waals surface area contributed by atoms with Gasteiger partial charge in [0, 0.05) is 40.7 Å². The molecule has 1 aliphatic rings. The summed E-state index contributed by atoms with van der Waals surface area (Å²) in [7, 11) is 0. The number of benzene rings is 2. The number of hydrogen-bond donors (Lipinski definition) is 1. The van der Waals surface area contributed by atoms with Crippen LogP contribution in [0, 0.1) is 13.8 Å². The Bertz CT molecular complexity index is 1040. The van der Waals surface area contributed by atoms with Crippen molar-refractivity contribution in [3.63, 3.8) is 0 Å². The first-order valence-corrected chi connectivity index (χ1v) is 10.4. The van der Waals surface area contributed by atoms with Gasteiger partial charge in [-0.25, -0.2) is 0 Å². The van der Waals surface area contributed by atoms with Gasteiger partial charge in [-0.2, -0.15) is 0 Å². The molecule has 2 heterocycles. The summed E-state index contributed by atoms with van der Waals surface area (Å²) in [6.07, 6.45) is 2.10. The van der Waals surface area contributed by atoms with Crippen molar-refractivity contribution in [3.05, 3.63) is 87.2 Å². The Morgan fingerprint density at radius 1 is 1.07 bits per heavy atom. The first-order valence-electron chi connectivity index (χ1n) is 9.19. The maximum absolute atomic E-state index is 6.59. The number of aryl methyl sites for hydroxylation is 1. The van der Waals surface area contributed by atoms with Crippen LogP contribution in [-0.2, 0) is 6.54 Å². The third-order valence-electron chi connectivity index (χ3n) is 5.40. The SMILES string of the molecule is Cc1cccc(NC(=S)N2CCn3cccc3C2c2ccc(Cl)cc2Cl)c1C. The van der Waals surface area contributed by atoms with Crippen LogP contribution in [0.25, 0.3) is 0 Å². The molecule has 4 rings (SSSR count). The second-order valence-corrected chi connectivity index (χ2v) is 8.30. The summed E-state index contributed by atoms with van der Waals surface area (Å²) in [5.41, 5.74) is 5.63. The molecule has 1 aromatic heterocycles. The molecule has 1 atom stereocenters. The standard InChI is InChI=1S/C22H21Cl2N3S/c1-14-5-3-6-19(15(14)2)25-22(28)27-12-11-26-10-4-7-20(26)21(27)17-9-8-16(23)13-18(17)24/h3-10,13,21H,11-12H2,1-2H3,(H,25,28). The number of thiocarbonyl (C=S) groups is 1. The minimum atomic E-state index is -0.0707. The van der Waals surface area contributed by atoms with Crippen LogP contribution in [0.5, 0.6) is 0 Å². The Morgan fingerprint density at radius 3 is 2.68 bits per heavy atom. The first-order chi connectivity index (χ1) is 13.5. The fraction of sp³-hybridized carbons (Fsp3) is 0.227. The fourth-order valence-electron chi connectivity index (χ4n) is 3.73. The van der Waals surface area contributed by atoms with Crippen LogP contribution in [0.2, 0.25) is 10.0 Å². The predicted octanol–water partition coefficient (Wildman–Crippen LogP) is 6.21. The van der Waals surface area contributed by atoms with Crippen molar-refractivity contribution in [2.24, 2.45) is 0 Å². The summed E-state index contributed by atoms with van der Waals surface area (Å²) < 4.78 is 2.26. The summed E-state index contributed by atoms with van der Waals surface area (Å²) in [5.74, 6) is 0. The first kappa shape index (κ1) is 19.3. The van der Waals surface area contributed by atoms with Crippen molar-refractivity contribution in [3.8, 4) is 0 Å². The molecular weight excluding hydrogens is 409 g/mol. The third kappa shape index (κ3) is 3.52. The molecule has 1 aliphatic heterocycles. The summed E-state index contributed by atoms with van der Waals surface area (Å²) in [4.78, 5) is 2.21. The highest BCUT2D eigenvalue weighted by atomic mass is 35.5. The zero-order valence-electron chi connectivity index (χ0n) is 15.7. The van der Waals surface area contributed by atoms with Crippen molar-refractivity contribution in [2.75, 3.05) is 11.9 Å². The number of hydrogen-bond acceptors (Lipinski definition) is 1. The van der Waals surface area contributed by atoms with E-state index < -0.39 is 0 Å². The van der Waals surface area contributed by atoms with Crippen LogP contribution >= 0.6 is 35.4 Å². The van der Waals surface area contributed by atoms with E-state index in [0.29, 0.717) is 15.2 Å². The zero-order chi connectivity index (χ0) is 19.8. The Kier molecular flexibility index (Phi) is 5.37. The fourth-order valence-corrected chi connectivity index (χ4v) is 4.54. The van der Waals surface area contributed by atoms with Crippen molar-refractivity contribution in [2.45, 2.75) is 26.4 Å². The lowest BCUT2D eigenvalue weighted by Crippen LogP contribution is -2.44. The molecule has 28 heavy (non-hydrogen) atoms. The van der Waals surface area contributed by atoms with E-state index >= 15 is 0 Å². The van der Waals surface area contributed by atoms with Gasteiger partial charge >= 0.3 is 0 Å². The van der Waals surface area contributed by atoms with Gasteiger partial charge in [-0.3, -0.25) is 0 Å². The average Bonchev–Trinajstić information content (AvgIpc) is 3.14. The molecule has 0 bridgehead atoms. The molecule has 0 saturated heterocycles. The number of fused-ring (bicyclic) bond motifs is 1. The minimum Gasteiger partial charge on any atom is -0.348 e. The van der Waals surface area contributed by atoms with Crippen LogP contribution in [0.1, 0.15) is 28.4 Å². The lowest BCUT2D eigenvalue weighted by atomic mass is 10.00. The molecular formula is C22H21Cl2N3S.